The molecule has 7 nitrogen and oxygen atoms in total. The molecule has 2 aromatic carbocycles. The van der Waals surface area contributed by atoms with Crippen LogP contribution in [0.4, 0.5) is 5.69 Å². The van der Waals surface area contributed by atoms with Gasteiger partial charge in [0.05, 0.1) is 6.26 Å². The van der Waals surface area contributed by atoms with Crippen molar-refractivity contribution in [1.82, 2.24) is 15.5 Å². The van der Waals surface area contributed by atoms with Crippen LogP contribution in [0.15, 0.2) is 77.0 Å². The molecule has 0 saturated carbocycles. The largest absolute Gasteiger partial charge is 0.465 e. The zero-order chi connectivity index (χ0) is 23.9. The Morgan fingerprint density at radius 2 is 1.68 bits per heavy atom. The van der Waals surface area contributed by atoms with Crippen LogP contribution in [0.3, 0.4) is 0 Å². The summed E-state index contributed by atoms with van der Waals surface area (Å²) >= 11 is 0. The van der Waals surface area contributed by atoms with Crippen LogP contribution < -0.4 is 15.5 Å². The lowest BCUT2D eigenvalue weighted by atomic mass is 10.1. The molecule has 34 heavy (non-hydrogen) atoms. The molecule has 4 rings (SSSR count). The van der Waals surface area contributed by atoms with E-state index in [0.717, 1.165) is 37.3 Å². The van der Waals surface area contributed by atoms with E-state index in [2.05, 4.69) is 39.6 Å². The second-order valence-electron chi connectivity index (χ2n) is 8.53. The lowest BCUT2D eigenvalue weighted by Gasteiger charge is -2.34. The number of carbonyl (C=O) groups excluding carboxylic acids is 2. The average Bonchev–Trinajstić information content (AvgIpc) is 3.36. The van der Waals surface area contributed by atoms with Crippen molar-refractivity contribution < 1.29 is 14.0 Å². The molecule has 3 aromatic rings. The Hall–Kier alpha value is -3.84. The Labute approximate surface area is 200 Å². The van der Waals surface area contributed by atoms with Gasteiger partial charge in [-0.15, -0.1) is 0 Å². The predicted octanol–water partition coefficient (Wildman–Crippen LogP) is 3.43. The van der Waals surface area contributed by atoms with E-state index < -0.39 is 0 Å². The van der Waals surface area contributed by atoms with Crippen molar-refractivity contribution in [3.63, 3.8) is 0 Å². The molecule has 176 valence electrons. The molecule has 1 saturated heterocycles. The van der Waals surface area contributed by atoms with Crippen molar-refractivity contribution in [2.45, 2.75) is 13.5 Å². The summed E-state index contributed by atoms with van der Waals surface area (Å²) in [5.41, 5.74) is 3.82. The number of likely N-dealkylation sites (N-methyl/N-ethyl adjacent to an activating group) is 1. The van der Waals surface area contributed by atoms with Crippen LogP contribution >= 0.6 is 0 Å². The first-order chi connectivity index (χ1) is 16.5. The predicted molar refractivity (Wildman–Crippen MR) is 133 cm³/mol. The van der Waals surface area contributed by atoms with Crippen LogP contribution in [0, 0.1) is 6.92 Å². The third kappa shape index (κ3) is 6.14. The zero-order valence-corrected chi connectivity index (χ0v) is 19.6. The molecular formula is C27H30N4O3. The summed E-state index contributed by atoms with van der Waals surface area (Å²) in [5.74, 6) is -0.268. The molecule has 1 aliphatic rings. The maximum Gasteiger partial charge on any atom is 0.268 e. The third-order valence-electron chi connectivity index (χ3n) is 5.89. The molecule has 2 heterocycles. The number of aryl methyl sites for hydroxylation is 1. The number of nitrogens with zero attached hydrogens (tertiary/aromatic N) is 2. The topological polar surface area (TPSA) is 77.8 Å². The number of piperazine rings is 1. The second kappa shape index (κ2) is 10.9. The van der Waals surface area contributed by atoms with Gasteiger partial charge < -0.3 is 24.9 Å². The van der Waals surface area contributed by atoms with Gasteiger partial charge in [0.2, 0.25) is 0 Å². The van der Waals surface area contributed by atoms with Crippen molar-refractivity contribution in [3.05, 3.63) is 95.1 Å². The van der Waals surface area contributed by atoms with Crippen LogP contribution in [0.25, 0.3) is 6.08 Å². The fraction of sp³-hybridized carbons (Fsp3) is 0.259. The van der Waals surface area contributed by atoms with Gasteiger partial charge in [-0.05, 0) is 55.9 Å². The molecule has 0 aliphatic carbocycles. The summed E-state index contributed by atoms with van der Waals surface area (Å²) in [4.78, 5) is 30.4. The smallest absolute Gasteiger partial charge is 0.268 e. The Morgan fingerprint density at radius 3 is 2.32 bits per heavy atom. The van der Waals surface area contributed by atoms with E-state index in [0.29, 0.717) is 17.9 Å². The molecule has 7 heteroatoms. The molecule has 2 N–H and O–H groups in total. The summed E-state index contributed by atoms with van der Waals surface area (Å²) in [7, 11) is 2.14. The summed E-state index contributed by atoms with van der Waals surface area (Å²) < 4.78 is 5.34. The Morgan fingerprint density at radius 1 is 0.971 bits per heavy atom. The molecule has 0 unspecified atom stereocenters. The number of nitrogens with one attached hydrogen (secondary N) is 2. The van der Waals surface area contributed by atoms with Crippen molar-refractivity contribution >= 4 is 23.6 Å². The summed E-state index contributed by atoms with van der Waals surface area (Å²) in [5, 5.41) is 5.62. The van der Waals surface area contributed by atoms with E-state index in [-0.39, 0.29) is 17.5 Å². The lowest BCUT2D eigenvalue weighted by Crippen LogP contribution is -2.44. The van der Waals surface area contributed by atoms with Gasteiger partial charge in [0.15, 0.2) is 0 Å². The lowest BCUT2D eigenvalue weighted by molar-refractivity contribution is -0.117. The van der Waals surface area contributed by atoms with Crippen molar-refractivity contribution in [2.24, 2.45) is 0 Å². The van der Waals surface area contributed by atoms with E-state index in [9.17, 15) is 9.59 Å². The highest BCUT2D eigenvalue weighted by molar-refractivity contribution is 6.05. The molecular weight excluding hydrogens is 428 g/mol. The molecule has 2 amide bonds. The number of furan rings is 1. The molecule has 0 bridgehead atoms. The summed E-state index contributed by atoms with van der Waals surface area (Å²) in [6.07, 6.45) is 3.04. The van der Waals surface area contributed by atoms with Crippen molar-refractivity contribution in [2.75, 3.05) is 38.1 Å². The second-order valence-corrected chi connectivity index (χ2v) is 8.53. The minimum atomic E-state index is -0.389. The van der Waals surface area contributed by atoms with Gasteiger partial charge in [0.1, 0.15) is 11.5 Å². The number of anilines is 1. The minimum absolute atomic E-state index is 0.120. The monoisotopic (exact) mass is 458 g/mol. The van der Waals surface area contributed by atoms with Gasteiger partial charge in [-0.3, -0.25) is 9.59 Å². The quantitative estimate of drug-likeness (QED) is 0.531. The molecule has 0 atom stereocenters. The van der Waals surface area contributed by atoms with Gasteiger partial charge >= 0.3 is 0 Å². The van der Waals surface area contributed by atoms with Crippen LogP contribution in [0.2, 0.25) is 0 Å². The first-order valence-electron chi connectivity index (χ1n) is 11.4. The minimum Gasteiger partial charge on any atom is -0.465 e. The number of hydrogen-bond donors (Lipinski definition) is 2. The standard InChI is InChI=1S/C27H30N4O3/c1-20-5-9-22(10-6-20)26(32)29-25(18-24-4-3-17-34-24)27(33)28-19-21-7-11-23(12-8-21)31-15-13-30(2)14-16-31/h3-12,17-18H,13-16,19H2,1-2H3,(H,28,33)(H,29,32)/b25-18-. The van der Waals surface area contributed by atoms with E-state index in [1.165, 1.54) is 18.0 Å². The maximum atomic E-state index is 13.0. The maximum absolute atomic E-state index is 13.0. The number of rotatable bonds is 7. The molecule has 0 spiro atoms. The van der Waals surface area contributed by atoms with E-state index in [4.69, 9.17) is 4.42 Å². The Kier molecular flexibility index (Phi) is 7.44. The zero-order valence-electron chi connectivity index (χ0n) is 19.6. The van der Waals surface area contributed by atoms with Crippen LogP contribution in [-0.2, 0) is 11.3 Å². The summed E-state index contributed by atoms with van der Waals surface area (Å²) in [6.45, 7) is 6.42. The van der Waals surface area contributed by atoms with Crippen molar-refractivity contribution in [3.8, 4) is 0 Å². The highest BCUT2D eigenvalue weighted by Crippen LogP contribution is 2.17. The van der Waals surface area contributed by atoms with E-state index in [1.807, 2.05) is 31.2 Å². The first kappa shape index (κ1) is 23.3. The number of hydrogen-bond acceptors (Lipinski definition) is 5. The number of carbonyl (C=O) groups is 2. The van der Waals surface area contributed by atoms with Gasteiger partial charge in [0.25, 0.3) is 11.8 Å². The fourth-order valence-corrected chi connectivity index (χ4v) is 3.74. The number of amides is 2. The molecule has 1 aliphatic heterocycles. The Balaban J connectivity index is 1.40. The molecule has 0 radical (unpaired) electrons. The highest BCUT2D eigenvalue weighted by atomic mass is 16.3. The highest BCUT2D eigenvalue weighted by Gasteiger charge is 2.16. The van der Waals surface area contributed by atoms with Gasteiger partial charge in [-0.25, -0.2) is 0 Å². The van der Waals surface area contributed by atoms with Gasteiger partial charge in [0, 0.05) is 50.1 Å². The Bertz CT molecular complexity index is 1130. The summed E-state index contributed by atoms with van der Waals surface area (Å²) in [6, 6.07) is 18.9. The first-order valence-corrected chi connectivity index (χ1v) is 11.4. The molecule has 1 fully saturated rings. The SMILES string of the molecule is Cc1ccc(C(=O)N/C(=C\c2ccco2)C(=O)NCc2ccc(N3CCN(C)CC3)cc2)cc1. The van der Waals surface area contributed by atoms with Crippen LogP contribution in [0.5, 0.6) is 0 Å². The van der Waals surface area contributed by atoms with E-state index in [1.54, 1.807) is 24.3 Å². The van der Waals surface area contributed by atoms with Crippen LogP contribution in [-0.4, -0.2) is 49.9 Å². The average molecular weight is 459 g/mol. The van der Waals surface area contributed by atoms with Crippen molar-refractivity contribution in [1.29, 1.82) is 0 Å². The normalized spacial score (nSPS) is 14.6. The van der Waals surface area contributed by atoms with Gasteiger partial charge in [-0.2, -0.15) is 0 Å². The fourth-order valence-electron chi connectivity index (χ4n) is 3.74. The van der Waals surface area contributed by atoms with E-state index >= 15 is 0 Å². The van der Waals surface area contributed by atoms with Gasteiger partial charge in [-0.1, -0.05) is 29.8 Å². The third-order valence-corrected chi connectivity index (χ3v) is 5.89. The molecule has 1 aromatic heterocycles. The number of benzene rings is 2. The van der Waals surface area contributed by atoms with Crippen LogP contribution in [0.1, 0.15) is 27.2 Å².